The van der Waals surface area contributed by atoms with Crippen LogP contribution in [0, 0.1) is 0 Å². The smallest absolute Gasteiger partial charge is 0.0640 e. The molecule has 114 valence electrons. The van der Waals surface area contributed by atoms with E-state index in [0.717, 1.165) is 29.4 Å². The maximum Gasteiger partial charge on any atom is 0.0640 e. The van der Waals surface area contributed by atoms with Crippen LogP contribution in [0.2, 0.25) is 0 Å². The Morgan fingerprint density at radius 1 is 1.29 bits per heavy atom. The molecule has 1 aromatic carbocycles. The Morgan fingerprint density at radius 3 is 2.76 bits per heavy atom. The zero-order chi connectivity index (χ0) is 15.2. The van der Waals surface area contributed by atoms with E-state index < -0.39 is 0 Å². The third kappa shape index (κ3) is 4.68. The molecule has 0 aliphatic rings. The van der Waals surface area contributed by atoms with Gasteiger partial charge in [0.1, 0.15) is 0 Å². The maximum atomic E-state index is 4.70. The summed E-state index contributed by atoms with van der Waals surface area (Å²) in [7, 11) is 2.02. The normalized spacial score (nSPS) is 14.1. The van der Waals surface area contributed by atoms with Gasteiger partial charge in [-0.3, -0.25) is 4.68 Å². The highest BCUT2D eigenvalue weighted by Gasteiger charge is 2.12. The Balaban J connectivity index is 2.00. The van der Waals surface area contributed by atoms with Gasteiger partial charge in [-0.15, -0.1) is 0 Å². The number of halogens is 1. The zero-order valence-electron chi connectivity index (χ0n) is 13.0. The summed E-state index contributed by atoms with van der Waals surface area (Å²) in [5.41, 5.74) is 2.50. The monoisotopic (exact) mass is 349 g/mol. The molecular weight excluding hydrogens is 326 g/mol. The molecule has 1 aromatic heterocycles. The van der Waals surface area contributed by atoms with Crippen LogP contribution in [0.1, 0.15) is 37.6 Å². The molecule has 0 aliphatic carbocycles. The molecule has 0 bridgehead atoms. The van der Waals surface area contributed by atoms with Crippen molar-refractivity contribution in [1.29, 1.82) is 0 Å². The third-order valence-corrected chi connectivity index (χ3v) is 4.43. The second-order valence-electron chi connectivity index (χ2n) is 5.57. The largest absolute Gasteiger partial charge is 0.316 e. The van der Waals surface area contributed by atoms with Gasteiger partial charge in [0.15, 0.2) is 0 Å². The van der Waals surface area contributed by atoms with Gasteiger partial charge in [-0.05, 0) is 50.6 Å². The van der Waals surface area contributed by atoms with E-state index in [4.69, 9.17) is 5.10 Å². The third-order valence-electron chi connectivity index (χ3n) is 3.94. The molecule has 0 fully saturated rings. The number of aromatic nitrogens is 2. The maximum absolute atomic E-state index is 4.70. The molecule has 1 heterocycles. The summed E-state index contributed by atoms with van der Waals surface area (Å²) in [5.74, 6) is 0. The molecule has 0 saturated heterocycles. The van der Waals surface area contributed by atoms with E-state index in [-0.39, 0.29) is 0 Å². The number of nitrogens with one attached hydrogen (secondary N) is 1. The van der Waals surface area contributed by atoms with E-state index in [9.17, 15) is 0 Å². The lowest BCUT2D eigenvalue weighted by Gasteiger charge is -2.15. The van der Waals surface area contributed by atoms with Crippen LogP contribution in [0.5, 0.6) is 0 Å². The number of likely N-dealkylation sites (N-methyl/N-ethyl adjacent to an activating group) is 1. The van der Waals surface area contributed by atoms with Gasteiger partial charge in [0.2, 0.25) is 0 Å². The Kier molecular flexibility index (Phi) is 6.00. The lowest BCUT2D eigenvalue weighted by molar-refractivity contribution is 0.467. The molecule has 2 unspecified atom stereocenters. The van der Waals surface area contributed by atoms with E-state index in [2.05, 4.69) is 76.3 Å². The average molecular weight is 350 g/mol. The minimum Gasteiger partial charge on any atom is -0.316 e. The van der Waals surface area contributed by atoms with Gasteiger partial charge in [0.25, 0.3) is 0 Å². The molecule has 2 aromatic rings. The second kappa shape index (κ2) is 7.76. The Hall–Kier alpha value is -1.13. The van der Waals surface area contributed by atoms with Crippen LogP contribution in [0.15, 0.2) is 41.0 Å². The molecule has 0 spiro atoms. The number of benzene rings is 1. The topological polar surface area (TPSA) is 29.9 Å². The van der Waals surface area contributed by atoms with Crippen LogP contribution in [-0.4, -0.2) is 22.9 Å². The van der Waals surface area contributed by atoms with Crippen LogP contribution in [-0.2, 0) is 12.8 Å². The molecule has 4 heteroatoms. The molecule has 3 nitrogen and oxygen atoms in total. The van der Waals surface area contributed by atoms with E-state index in [0.29, 0.717) is 12.1 Å². The first-order valence-corrected chi connectivity index (χ1v) is 8.37. The highest BCUT2D eigenvalue weighted by Crippen LogP contribution is 2.15. The van der Waals surface area contributed by atoms with Crippen molar-refractivity contribution in [3.8, 4) is 0 Å². The Bertz CT molecular complexity index is 565. The van der Waals surface area contributed by atoms with E-state index in [1.807, 2.05) is 7.05 Å². The average Bonchev–Trinajstić information content (AvgIpc) is 2.94. The van der Waals surface area contributed by atoms with Gasteiger partial charge in [0, 0.05) is 29.2 Å². The van der Waals surface area contributed by atoms with Gasteiger partial charge in [-0.25, -0.2) is 0 Å². The fourth-order valence-electron chi connectivity index (χ4n) is 2.40. The molecule has 0 amide bonds. The van der Waals surface area contributed by atoms with Gasteiger partial charge in [-0.1, -0.05) is 35.0 Å². The summed E-state index contributed by atoms with van der Waals surface area (Å²) in [6.45, 7) is 4.39. The zero-order valence-corrected chi connectivity index (χ0v) is 14.6. The van der Waals surface area contributed by atoms with Crippen LogP contribution in [0.25, 0.3) is 0 Å². The number of nitrogens with zero attached hydrogens (tertiary/aromatic N) is 2. The fourth-order valence-corrected chi connectivity index (χ4v) is 2.84. The highest BCUT2D eigenvalue weighted by molar-refractivity contribution is 9.10. The van der Waals surface area contributed by atoms with E-state index >= 15 is 0 Å². The molecule has 0 saturated carbocycles. The predicted molar refractivity (Wildman–Crippen MR) is 91.6 cm³/mol. The lowest BCUT2D eigenvalue weighted by Crippen LogP contribution is -2.30. The Labute approximate surface area is 135 Å². The van der Waals surface area contributed by atoms with Crippen molar-refractivity contribution < 1.29 is 0 Å². The molecule has 0 aliphatic heterocycles. The fraction of sp³-hybridized carbons (Fsp3) is 0.471. The van der Waals surface area contributed by atoms with Gasteiger partial charge >= 0.3 is 0 Å². The molecule has 1 N–H and O–H groups in total. The molecule has 0 radical (unpaired) electrons. The van der Waals surface area contributed by atoms with Crippen molar-refractivity contribution in [2.24, 2.45) is 0 Å². The summed E-state index contributed by atoms with van der Waals surface area (Å²) in [6, 6.07) is 11.5. The molecule has 2 atom stereocenters. The number of hydrogen-bond donors (Lipinski definition) is 1. The summed E-state index contributed by atoms with van der Waals surface area (Å²) >= 11 is 3.53. The molecule has 21 heavy (non-hydrogen) atoms. The first kappa shape index (κ1) is 16.2. The SMILES string of the molecule is CCC(C)n1ccc(CC(Cc2cccc(Br)c2)NC)n1. The number of rotatable bonds is 7. The number of hydrogen-bond acceptors (Lipinski definition) is 2. The highest BCUT2D eigenvalue weighted by atomic mass is 79.9. The molecular formula is C17H24BrN3. The quantitative estimate of drug-likeness (QED) is 0.818. The van der Waals surface area contributed by atoms with Crippen LogP contribution in [0.4, 0.5) is 0 Å². The first-order chi connectivity index (χ1) is 10.1. The summed E-state index contributed by atoms with van der Waals surface area (Å²) in [6.07, 6.45) is 5.16. The predicted octanol–water partition coefficient (Wildman–Crippen LogP) is 3.99. The van der Waals surface area contributed by atoms with E-state index in [1.165, 1.54) is 5.56 Å². The van der Waals surface area contributed by atoms with Crippen LogP contribution in [0.3, 0.4) is 0 Å². The standard InChI is InChI=1S/C17H24BrN3/c1-4-13(2)21-9-8-16(20-21)12-17(19-3)11-14-6-5-7-15(18)10-14/h5-10,13,17,19H,4,11-12H2,1-3H3. The first-order valence-electron chi connectivity index (χ1n) is 7.58. The minimum atomic E-state index is 0.402. The van der Waals surface area contributed by atoms with Crippen molar-refractivity contribution in [1.82, 2.24) is 15.1 Å². The van der Waals surface area contributed by atoms with Crippen molar-refractivity contribution in [2.75, 3.05) is 7.05 Å². The minimum absolute atomic E-state index is 0.402. The second-order valence-corrected chi connectivity index (χ2v) is 6.48. The van der Waals surface area contributed by atoms with Crippen LogP contribution < -0.4 is 5.32 Å². The van der Waals surface area contributed by atoms with Crippen molar-refractivity contribution in [3.63, 3.8) is 0 Å². The van der Waals surface area contributed by atoms with E-state index in [1.54, 1.807) is 0 Å². The summed E-state index contributed by atoms with van der Waals surface area (Å²) in [5, 5.41) is 8.10. The van der Waals surface area contributed by atoms with Crippen molar-refractivity contribution in [2.45, 2.75) is 45.2 Å². The lowest BCUT2D eigenvalue weighted by atomic mass is 10.0. The van der Waals surface area contributed by atoms with Crippen molar-refractivity contribution >= 4 is 15.9 Å². The molecule has 2 rings (SSSR count). The summed E-state index contributed by atoms with van der Waals surface area (Å²) < 4.78 is 3.21. The van der Waals surface area contributed by atoms with Gasteiger partial charge < -0.3 is 5.32 Å². The van der Waals surface area contributed by atoms with Crippen LogP contribution >= 0.6 is 15.9 Å². The summed E-state index contributed by atoms with van der Waals surface area (Å²) in [4.78, 5) is 0. The van der Waals surface area contributed by atoms with Gasteiger partial charge in [0.05, 0.1) is 5.69 Å². The Morgan fingerprint density at radius 2 is 2.10 bits per heavy atom. The van der Waals surface area contributed by atoms with Crippen molar-refractivity contribution in [3.05, 3.63) is 52.3 Å². The van der Waals surface area contributed by atoms with Gasteiger partial charge in [-0.2, -0.15) is 5.10 Å².